The lowest BCUT2D eigenvalue weighted by molar-refractivity contribution is -0.0861. The van der Waals surface area contributed by atoms with Gasteiger partial charge in [-0.1, -0.05) is 5.16 Å². The van der Waals surface area contributed by atoms with E-state index in [4.69, 9.17) is 9.26 Å². The smallest absolute Gasteiger partial charge is 0.252 e. The van der Waals surface area contributed by atoms with E-state index in [1.165, 1.54) is 21.8 Å². The molecule has 2 aliphatic heterocycles. The molecule has 28 heavy (non-hydrogen) atoms. The van der Waals surface area contributed by atoms with E-state index in [-0.39, 0.29) is 5.60 Å². The van der Waals surface area contributed by atoms with Gasteiger partial charge >= 0.3 is 0 Å². The van der Waals surface area contributed by atoms with Gasteiger partial charge in [0, 0.05) is 24.0 Å². The SMILES string of the molecule is Cc1cc(-c2ccc(S(=O)(=O)N3CCC4(CC3)OCCc3ccsc34)s2)on1. The minimum absolute atomic E-state index is 0.314. The van der Waals surface area contributed by atoms with Crippen molar-refractivity contribution in [2.75, 3.05) is 19.7 Å². The third-order valence-corrected chi connectivity index (χ3v) is 10.1. The first-order chi connectivity index (χ1) is 13.5. The van der Waals surface area contributed by atoms with Gasteiger partial charge in [-0.05, 0) is 55.3 Å². The molecule has 0 unspecified atom stereocenters. The van der Waals surface area contributed by atoms with Crippen LogP contribution >= 0.6 is 22.7 Å². The van der Waals surface area contributed by atoms with Crippen LogP contribution in [0, 0.1) is 6.92 Å². The second-order valence-corrected chi connectivity index (χ2v) is 11.4. The summed E-state index contributed by atoms with van der Waals surface area (Å²) >= 11 is 2.96. The van der Waals surface area contributed by atoms with Crippen molar-refractivity contribution in [2.45, 2.75) is 36.0 Å². The maximum atomic E-state index is 13.2. The summed E-state index contributed by atoms with van der Waals surface area (Å²) in [6.07, 6.45) is 2.33. The molecule has 0 N–H and O–H groups in total. The summed E-state index contributed by atoms with van der Waals surface area (Å²) in [6.45, 7) is 3.48. The highest BCUT2D eigenvalue weighted by Gasteiger charge is 2.44. The third kappa shape index (κ3) is 2.96. The average molecular weight is 437 g/mol. The van der Waals surface area contributed by atoms with Crippen molar-refractivity contribution in [3.63, 3.8) is 0 Å². The van der Waals surface area contributed by atoms with Gasteiger partial charge in [-0.3, -0.25) is 0 Å². The van der Waals surface area contributed by atoms with Crippen molar-refractivity contribution in [3.8, 4) is 10.6 Å². The fourth-order valence-corrected chi connectivity index (χ4v) is 8.03. The highest BCUT2D eigenvalue weighted by Crippen LogP contribution is 2.45. The summed E-state index contributed by atoms with van der Waals surface area (Å²) in [5.74, 6) is 0.599. The van der Waals surface area contributed by atoms with Crippen LogP contribution in [0.5, 0.6) is 0 Å². The second kappa shape index (κ2) is 6.77. The molecule has 0 aliphatic carbocycles. The summed E-state index contributed by atoms with van der Waals surface area (Å²) in [5, 5.41) is 5.99. The molecular formula is C19H20N2O4S3. The quantitative estimate of drug-likeness (QED) is 0.620. The van der Waals surface area contributed by atoms with Gasteiger partial charge in [0.1, 0.15) is 9.81 Å². The van der Waals surface area contributed by atoms with Crippen LogP contribution < -0.4 is 0 Å². The molecule has 1 saturated heterocycles. The Bertz CT molecular complexity index is 1100. The number of hydrogen-bond donors (Lipinski definition) is 0. The molecule has 1 fully saturated rings. The van der Waals surface area contributed by atoms with Gasteiger partial charge in [-0.15, -0.1) is 22.7 Å². The van der Waals surface area contributed by atoms with Crippen molar-refractivity contribution < 1.29 is 17.7 Å². The topological polar surface area (TPSA) is 72.6 Å². The lowest BCUT2D eigenvalue weighted by Crippen LogP contribution is -2.47. The first-order valence-electron chi connectivity index (χ1n) is 9.22. The van der Waals surface area contributed by atoms with Crippen molar-refractivity contribution in [3.05, 3.63) is 45.8 Å². The van der Waals surface area contributed by atoms with Gasteiger partial charge in [0.25, 0.3) is 10.0 Å². The summed E-state index contributed by atoms with van der Waals surface area (Å²) < 4.78 is 39.7. The molecule has 2 aliphatic rings. The van der Waals surface area contributed by atoms with Crippen molar-refractivity contribution in [2.24, 2.45) is 0 Å². The summed E-state index contributed by atoms with van der Waals surface area (Å²) in [5.41, 5.74) is 1.82. The molecule has 3 aromatic rings. The van der Waals surface area contributed by atoms with Crippen molar-refractivity contribution in [1.29, 1.82) is 0 Å². The summed E-state index contributed by atoms with van der Waals surface area (Å²) in [7, 11) is -3.52. The van der Waals surface area contributed by atoms with Crippen molar-refractivity contribution in [1.82, 2.24) is 9.46 Å². The number of fused-ring (bicyclic) bond motifs is 2. The Morgan fingerprint density at radius 1 is 1.21 bits per heavy atom. The average Bonchev–Trinajstić information content (AvgIpc) is 3.43. The highest BCUT2D eigenvalue weighted by atomic mass is 32.2. The molecule has 1 spiro atoms. The van der Waals surface area contributed by atoms with Gasteiger partial charge < -0.3 is 9.26 Å². The van der Waals surface area contributed by atoms with Crippen LogP contribution in [0.3, 0.4) is 0 Å². The molecule has 148 valence electrons. The number of ether oxygens (including phenoxy) is 1. The highest BCUT2D eigenvalue weighted by molar-refractivity contribution is 7.91. The molecule has 0 radical (unpaired) electrons. The minimum atomic E-state index is -3.52. The Morgan fingerprint density at radius 3 is 2.79 bits per heavy atom. The number of nitrogens with zero attached hydrogens (tertiary/aromatic N) is 2. The molecule has 3 aromatic heterocycles. The zero-order valence-electron chi connectivity index (χ0n) is 15.4. The molecule has 9 heteroatoms. The van der Waals surface area contributed by atoms with Crippen LogP contribution in [-0.4, -0.2) is 37.6 Å². The Hall–Kier alpha value is -1.52. The Balaban J connectivity index is 1.36. The monoisotopic (exact) mass is 436 g/mol. The minimum Gasteiger partial charge on any atom is -0.369 e. The molecule has 0 atom stereocenters. The number of thiophene rings is 2. The van der Waals surface area contributed by atoms with Crippen LogP contribution in [0.2, 0.25) is 0 Å². The van der Waals surface area contributed by atoms with Crippen LogP contribution in [0.4, 0.5) is 0 Å². The molecule has 0 saturated carbocycles. The van der Waals surface area contributed by atoms with E-state index >= 15 is 0 Å². The van der Waals surface area contributed by atoms with Gasteiger partial charge in [0.15, 0.2) is 5.76 Å². The van der Waals surface area contributed by atoms with E-state index in [1.807, 2.05) is 13.0 Å². The lowest BCUT2D eigenvalue weighted by Gasteiger charge is -2.43. The predicted molar refractivity (Wildman–Crippen MR) is 108 cm³/mol. The Labute approximate surface area is 171 Å². The molecule has 0 bridgehead atoms. The summed E-state index contributed by atoms with van der Waals surface area (Å²) in [6, 6.07) is 7.43. The molecule has 6 nitrogen and oxygen atoms in total. The fraction of sp³-hybridized carbons (Fsp3) is 0.421. The number of aromatic nitrogens is 1. The predicted octanol–water partition coefficient (Wildman–Crippen LogP) is 4.03. The number of rotatable bonds is 3. The molecule has 5 heterocycles. The molecule has 0 amide bonds. The van der Waals surface area contributed by atoms with E-state index in [0.29, 0.717) is 42.5 Å². The van der Waals surface area contributed by atoms with Crippen LogP contribution in [0.1, 0.15) is 29.0 Å². The molecule has 0 aromatic carbocycles. The largest absolute Gasteiger partial charge is 0.369 e. The van der Waals surface area contributed by atoms with Gasteiger partial charge in [0.2, 0.25) is 0 Å². The first kappa shape index (κ1) is 18.5. The van der Waals surface area contributed by atoms with Crippen LogP contribution in [0.15, 0.2) is 38.4 Å². The lowest BCUT2D eigenvalue weighted by atomic mass is 9.86. The summed E-state index contributed by atoms with van der Waals surface area (Å²) in [4.78, 5) is 2.06. The number of piperidine rings is 1. The van der Waals surface area contributed by atoms with Crippen LogP contribution in [0.25, 0.3) is 10.6 Å². The van der Waals surface area contributed by atoms with Gasteiger partial charge in [0.05, 0.1) is 17.2 Å². The van der Waals surface area contributed by atoms with Crippen LogP contribution in [-0.2, 0) is 26.8 Å². The van der Waals surface area contributed by atoms with E-state index in [2.05, 4.69) is 16.6 Å². The normalized spacial score (nSPS) is 19.8. The number of aryl methyl sites for hydroxylation is 1. The zero-order chi connectivity index (χ0) is 19.4. The Morgan fingerprint density at radius 2 is 2.04 bits per heavy atom. The number of hydrogen-bond acceptors (Lipinski definition) is 7. The van der Waals surface area contributed by atoms with Gasteiger partial charge in [-0.25, -0.2) is 8.42 Å². The standard InChI is InChI=1S/C19H20N2O4S3/c1-13-12-15(25-20-13)16-2-3-17(27-16)28(22,23)21-8-6-19(7-9-21)18-14(4-10-24-19)5-11-26-18/h2-3,5,11-12H,4,6-10H2,1H3. The van der Waals surface area contributed by atoms with E-state index in [1.54, 1.807) is 27.8 Å². The van der Waals surface area contributed by atoms with E-state index in [0.717, 1.165) is 17.0 Å². The number of sulfonamides is 1. The second-order valence-electron chi connectivity index (χ2n) is 7.22. The van der Waals surface area contributed by atoms with Gasteiger partial charge in [-0.2, -0.15) is 4.31 Å². The van der Waals surface area contributed by atoms with E-state index < -0.39 is 10.0 Å². The molecule has 5 rings (SSSR count). The maximum Gasteiger partial charge on any atom is 0.252 e. The third-order valence-electron chi connectivity index (χ3n) is 5.49. The molecular weight excluding hydrogens is 416 g/mol. The fourth-order valence-electron chi connectivity index (χ4n) is 4.01. The van der Waals surface area contributed by atoms with Crippen molar-refractivity contribution >= 4 is 32.7 Å². The van der Waals surface area contributed by atoms with E-state index in [9.17, 15) is 8.42 Å². The Kier molecular flexibility index (Phi) is 4.48. The zero-order valence-corrected chi connectivity index (χ0v) is 17.8. The maximum absolute atomic E-state index is 13.2. The first-order valence-corrected chi connectivity index (χ1v) is 12.4.